The molecular weight excluding hydrogens is 156 g/mol. The Morgan fingerprint density at radius 1 is 1.00 bits per heavy atom. The van der Waals surface area contributed by atoms with Gasteiger partial charge >= 0.3 is 0 Å². The number of rotatable bonds is 2. The monoisotopic (exact) mass is 174 g/mol. The first-order valence-corrected chi connectivity index (χ1v) is 5.43. The molecule has 0 unspecified atom stereocenters. The third kappa shape index (κ3) is 0.478. The van der Waals surface area contributed by atoms with Gasteiger partial charge in [-0.1, -0.05) is 30.7 Å². The summed E-state index contributed by atoms with van der Waals surface area (Å²) in [5.41, 5.74) is 3.98. The molecule has 70 valence electrons. The van der Waals surface area contributed by atoms with E-state index in [1.54, 1.807) is 0 Å². The summed E-state index contributed by atoms with van der Waals surface area (Å²) in [5.74, 6) is 1.88. The summed E-state index contributed by atoms with van der Waals surface area (Å²) in [6.45, 7) is 12.8. The molecule has 0 heterocycles. The van der Waals surface area contributed by atoms with Crippen molar-refractivity contribution in [1.29, 1.82) is 0 Å². The summed E-state index contributed by atoms with van der Waals surface area (Å²) >= 11 is 0. The molecule has 0 aromatic rings. The van der Waals surface area contributed by atoms with Gasteiger partial charge in [0.25, 0.3) is 0 Å². The molecule has 3 aliphatic carbocycles. The average Bonchev–Trinajstić information content (AvgIpc) is 2.89. The summed E-state index contributed by atoms with van der Waals surface area (Å²) in [6, 6.07) is 0. The van der Waals surface area contributed by atoms with Crippen LogP contribution < -0.4 is 0 Å². The summed E-state index contributed by atoms with van der Waals surface area (Å²) in [6.07, 6.45) is 4.30. The highest BCUT2D eigenvalue weighted by molar-refractivity contribution is 5.58. The van der Waals surface area contributed by atoms with Gasteiger partial charge < -0.3 is 0 Å². The molecule has 0 aliphatic heterocycles. The molecule has 0 radical (unpaired) electrons. The van der Waals surface area contributed by atoms with E-state index in [-0.39, 0.29) is 0 Å². The summed E-state index contributed by atoms with van der Waals surface area (Å²) in [5, 5.41) is 0. The number of fused-ring (bicyclic) bond motifs is 2. The highest BCUT2D eigenvalue weighted by Crippen LogP contribution is 3.01. The van der Waals surface area contributed by atoms with Gasteiger partial charge in [0.05, 0.1) is 0 Å². The van der Waals surface area contributed by atoms with Crippen molar-refractivity contribution < 1.29 is 0 Å². The van der Waals surface area contributed by atoms with Crippen LogP contribution in [0.25, 0.3) is 0 Å². The fourth-order valence-electron chi connectivity index (χ4n) is 4.93. The smallest absolute Gasteiger partial charge is 0.00798 e. The first-order valence-electron chi connectivity index (χ1n) is 5.43. The van der Waals surface area contributed by atoms with Crippen LogP contribution >= 0.6 is 0 Å². The number of hydrogen-bond acceptors (Lipinski definition) is 0. The molecule has 0 aromatic carbocycles. The summed E-state index contributed by atoms with van der Waals surface area (Å²) in [4.78, 5) is 0. The first-order chi connectivity index (χ1) is 6.11. The molecule has 0 amide bonds. The van der Waals surface area contributed by atoms with E-state index < -0.39 is 0 Å². The maximum atomic E-state index is 4.20. The Labute approximate surface area is 80.7 Å². The second kappa shape index (κ2) is 1.80. The zero-order valence-electron chi connectivity index (χ0n) is 8.69. The Balaban J connectivity index is 2.04. The van der Waals surface area contributed by atoms with Crippen molar-refractivity contribution in [3.05, 3.63) is 24.3 Å². The molecule has 3 rings (SSSR count). The van der Waals surface area contributed by atoms with Gasteiger partial charge in [-0.2, -0.15) is 0 Å². The average molecular weight is 174 g/mol. The Hall–Kier alpha value is -0.520. The van der Waals surface area contributed by atoms with Crippen LogP contribution in [0, 0.1) is 22.7 Å². The van der Waals surface area contributed by atoms with Crippen molar-refractivity contribution in [3.8, 4) is 0 Å². The van der Waals surface area contributed by atoms with E-state index in [0.717, 1.165) is 11.8 Å². The van der Waals surface area contributed by atoms with Gasteiger partial charge in [0, 0.05) is 10.8 Å². The standard InChI is InChI=1S/C13H18/c1-8(2)12-10-6-5-7-11(12)13(10,12)9(3)4/h10-11H,1,3,5-7H2,2,4H3. The van der Waals surface area contributed by atoms with Gasteiger partial charge in [-0.05, 0) is 38.5 Å². The van der Waals surface area contributed by atoms with Crippen molar-refractivity contribution in [2.75, 3.05) is 0 Å². The SMILES string of the molecule is C=C(C)C12C3CCCC1C32C(=C)C. The second-order valence-electron chi connectivity index (χ2n) is 5.33. The van der Waals surface area contributed by atoms with Crippen LogP contribution in [0.5, 0.6) is 0 Å². The lowest BCUT2D eigenvalue weighted by Gasteiger charge is -2.28. The topological polar surface area (TPSA) is 0 Å². The van der Waals surface area contributed by atoms with Crippen LogP contribution in [0.1, 0.15) is 33.1 Å². The molecule has 3 fully saturated rings. The van der Waals surface area contributed by atoms with Crippen molar-refractivity contribution >= 4 is 0 Å². The van der Waals surface area contributed by atoms with E-state index in [1.807, 2.05) is 0 Å². The van der Waals surface area contributed by atoms with E-state index in [2.05, 4.69) is 27.0 Å². The molecule has 0 bridgehead atoms. The number of allylic oxidation sites excluding steroid dienone is 2. The molecule has 13 heavy (non-hydrogen) atoms. The highest BCUT2D eigenvalue weighted by Gasteiger charge is 2.97. The zero-order chi connectivity index (χ0) is 9.43. The van der Waals surface area contributed by atoms with E-state index in [0.29, 0.717) is 10.8 Å². The molecule has 0 aromatic heterocycles. The van der Waals surface area contributed by atoms with Crippen LogP contribution in [0.4, 0.5) is 0 Å². The van der Waals surface area contributed by atoms with E-state index in [9.17, 15) is 0 Å². The minimum atomic E-state index is 0.553. The minimum absolute atomic E-state index is 0.553. The predicted molar refractivity (Wildman–Crippen MR) is 55.3 cm³/mol. The molecule has 0 spiro atoms. The van der Waals surface area contributed by atoms with Gasteiger partial charge in [0.15, 0.2) is 0 Å². The zero-order valence-corrected chi connectivity index (χ0v) is 8.69. The Morgan fingerprint density at radius 2 is 1.38 bits per heavy atom. The van der Waals surface area contributed by atoms with Crippen LogP contribution in [-0.2, 0) is 0 Å². The van der Waals surface area contributed by atoms with Gasteiger partial charge in [0.1, 0.15) is 0 Å². The summed E-state index contributed by atoms with van der Waals surface area (Å²) < 4.78 is 0. The van der Waals surface area contributed by atoms with Crippen molar-refractivity contribution in [2.24, 2.45) is 22.7 Å². The molecule has 0 N–H and O–H groups in total. The molecular formula is C13H18. The molecule has 0 heteroatoms. The van der Waals surface area contributed by atoms with Gasteiger partial charge in [-0.3, -0.25) is 0 Å². The van der Waals surface area contributed by atoms with Crippen LogP contribution in [0.3, 0.4) is 0 Å². The van der Waals surface area contributed by atoms with E-state index >= 15 is 0 Å². The third-order valence-electron chi connectivity index (χ3n) is 5.11. The largest absolute Gasteiger partial charge is 0.0995 e. The molecule has 0 atom stereocenters. The number of hydrogen-bond donors (Lipinski definition) is 0. The second-order valence-corrected chi connectivity index (χ2v) is 5.33. The van der Waals surface area contributed by atoms with Gasteiger partial charge in [-0.15, -0.1) is 0 Å². The Kier molecular flexibility index (Phi) is 1.09. The molecule has 0 nitrogen and oxygen atoms in total. The minimum Gasteiger partial charge on any atom is -0.0995 e. The van der Waals surface area contributed by atoms with Crippen molar-refractivity contribution in [2.45, 2.75) is 33.1 Å². The maximum Gasteiger partial charge on any atom is 0.00798 e. The van der Waals surface area contributed by atoms with E-state index in [4.69, 9.17) is 0 Å². The highest BCUT2D eigenvalue weighted by atomic mass is 15.0. The first kappa shape index (κ1) is 7.84. The fourth-order valence-corrected chi connectivity index (χ4v) is 4.93. The fraction of sp³-hybridized carbons (Fsp3) is 0.692. The lowest BCUT2D eigenvalue weighted by atomic mass is 9.76. The molecule has 3 aliphatic rings. The Morgan fingerprint density at radius 3 is 1.62 bits per heavy atom. The Bertz CT molecular complexity index is 281. The van der Waals surface area contributed by atoms with Crippen LogP contribution in [0.15, 0.2) is 24.3 Å². The lowest BCUT2D eigenvalue weighted by Crippen LogP contribution is -2.20. The lowest BCUT2D eigenvalue weighted by molar-refractivity contribution is 0.262. The quantitative estimate of drug-likeness (QED) is 0.561. The van der Waals surface area contributed by atoms with Gasteiger partial charge in [0.2, 0.25) is 0 Å². The van der Waals surface area contributed by atoms with E-state index in [1.165, 1.54) is 30.4 Å². The molecule has 0 saturated heterocycles. The molecule has 3 saturated carbocycles. The van der Waals surface area contributed by atoms with Crippen LogP contribution in [0.2, 0.25) is 0 Å². The maximum absolute atomic E-state index is 4.20. The van der Waals surface area contributed by atoms with Crippen molar-refractivity contribution in [3.63, 3.8) is 0 Å². The van der Waals surface area contributed by atoms with Gasteiger partial charge in [-0.25, -0.2) is 0 Å². The predicted octanol–water partition coefficient (Wildman–Crippen LogP) is 3.55. The van der Waals surface area contributed by atoms with Crippen molar-refractivity contribution in [1.82, 2.24) is 0 Å². The van der Waals surface area contributed by atoms with Crippen LogP contribution in [-0.4, -0.2) is 0 Å². The normalized spacial score (nSPS) is 55.2. The summed E-state index contributed by atoms with van der Waals surface area (Å²) in [7, 11) is 0. The third-order valence-corrected chi connectivity index (χ3v) is 5.11.